The van der Waals surface area contributed by atoms with Gasteiger partial charge in [0, 0.05) is 18.0 Å². The molecule has 0 amide bonds. The summed E-state index contributed by atoms with van der Waals surface area (Å²) in [5.74, 6) is 0. The fourth-order valence-electron chi connectivity index (χ4n) is 2.15. The molecule has 4 nitrogen and oxygen atoms in total. The third kappa shape index (κ3) is 6.01. The van der Waals surface area contributed by atoms with Gasteiger partial charge >= 0.3 is 0 Å². The number of aliphatic hydroxyl groups excluding tert-OH is 1. The number of nitrogens with one attached hydrogen (secondary N) is 1. The lowest BCUT2D eigenvalue weighted by molar-refractivity contribution is 0.0292. The maximum Gasteiger partial charge on any atom is 0.0897 e. The van der Waals surface area contributed by atoms with Crippen molar-refractivity contribution in [3.63, 3.8) is 0 Å². The van der Waals surface area contributed by atoms with E-state index in [-0.39, 0.29) is 0 Å². The van der Waals surface area contributed by atoms with Crippen molar-refractivity contribution in [2.24, 2.45) is 0 Å². The maximum atomic E-state index is 9.75. The van der Waals surface area contributed by atoms with Gasteiger partial charge in [-0.25, -0.2) is 0 Å². The molecule has 19 heavy (non-hydrogen) atoms. The lowest BCUT2D eigenvalue weighted by Gasteiger charge is -2.13. The van der Waals surface area contributed by atoms with E-state index in [0.717, 1.165) is 19.6 Å². The van der Waals surface area contributed by atoms with Crippen LogP contribution >= 0.6 is 11.3 Å². The molecule has 0 spiro atoms. The van der Waals surface area contributed by atoms with Crippen LogP contribution in [0.15, 0.2) is 17.5 Å². The molecule has 1 fully saturated rings. The Morgan fingerprint density at radius 3 is 3.26 bits per heavy atom. The number of aliphatic hydroxyl groups is 1. The van der Waals surface area contributed by atoms with Crippen molar-refractivity contribution in [2.45, 2.75) is 38.1 Å². The lowest BCUT2D eigenvalue weighted by atomic mass is 10.2. The third-order valence-electron chi connectivity index (χ3n) is 3.18. The highest BCUT2D eigenvalue weighted by Gasteiger charge is 2.14. The summed E-state index contributed by atoms with van der Waals surface area (Å²) in [4.78, 5) is 1.19. The summed E-state index contributed by atoms with van der Waals surface area (Å²) in [5.41, 5.74) is 0. The molecule has 108 valence electrons. The summed E-state index contributed by atoms with van der Waals surface area (Å²) in [5, 5.41) is 15.0. The van der Waals surface area contributed by atoms with Gasteiger partial charge in [-0.15, -0.1) is 11.3 Å². The number of ether oxygens (including phenoxy) is 2. The fourth-order valence-corrected chi connectivity index (χ4v) is 2.79. The van der Waals surface area contributed by atoms with Crippen LogP contribution in [0.4, 0.5) is 0 Å². The van der Waals surface area contributed by atoms with Crippen LogP contribution in [0.2, 0.25) is 0 Å². The van der Waals surface area contributed by atoms with E-state index >= 15 is 0 Å². The smallest absolute Gasteiger partial charge is 0.0897 e. The first-order valence-corrected chi connectivity index (χ1v) is 7.83. The lowest BCUT2D eigenvalue weighted by Crippen LogP contribution is -2.32. The molecule has 1 aliphatic heterocycles. The van der Waals surface area contributed by atoms with Crippen molar-refractivity contribution >= 4 is 11.3 Å². The van der Waals surface area contributed by atoms with Crippen molar-refractivity contribution in [3.05, 3.63) is 22.4 Å². The Hall–Kier alpha value is -0.460. The van der Waals surface area contributed by atoms with E-state index in [9.17, 15) is 5.11 Å². The SMILES string of the molecule is OC(CNCCC1CCCO1)COCc1cccs1. The van der Waals surface area contributed by atoms with Crippen LogP contribution in [0.3, 0.4) is 0 Å². The summed E-state index contributed by atoms with van der Waals surface area (Å²) in [6.45, 7) is 3.35. The summed E-state index contributed by atoms with van der Waals surface area (Å²) in [6.07, 6.45) is 3.37. The summed E-state index contributed by atoms with van der Waals surface area (Å²) in [7, 11) is 0. The van der Waals surface area contributed by atoms with E-state index in [2.05, 4.69) is 5.32 Å². The molecular formula is C14H23NO3S. The van der Waals surface area contributed by atoms with Crippen LogP contribution < -0.4 is 5.32 Å². The van der Waals surface area contributed by atoms with Gasteiger partial charge in [-0.3, -0.25) is 0 Å². The molecule has 2 rings (SSSR count). The minimum absolute atomic E-state index is 0.380. The fraction of sp³-hybridized carbons (Fsp3) is 0.714. The molecule has 5 heteroatoms. The van der Waals surface area contributed by atoms with Gasteiger partial charge in [0.2, 0.25) is 0 Å². The first-order valence-electron chi connectivity index (χ1n) is 6.95. The number of thiophene rings is 1. The average Bonchev–Trinajstić information content (AvgIpc) is 3.07. The van der Waals surface area contributed by atoms with Crippen LogP contribution in [0, 0.1) is 0 Å². The highest BCUT2D eigenvalue weighted by Crippen LogP contribution is 2.14. The van der Waals surface area contributed by atoms with Gasteiger partial charge in [-0.05, 0) is 37.3 Å². The zero-order chi connectivity index (χ0) is 13.3. The van der Waals surface area contributed by atoms with Gasteiger partial charge in [0.1, 0.15) is 0 Å². The zero-order valence-corrected chi connectivity index (χ0v) is 12.0. The second kappa shape index (κ2) is 8.66. The summed E-state index contributed by atoms with van der Waals surface area (Å²) >= 11 is 1.67. The van der Waals surface area contributed by atoms with Crippen LogP contribution in [-0.2, 0) is 16.1 Å². The molecule has 1 saturated heterocycles. The van der Waals surface area contributed by atoms with Gasteiger partial charge in [-0.2, -0.15) is 0 Å². The van der Waals surface area contributed by atoms with E-state index in [4.69, 9.17) is 9.47 Å². The Morgan fingerprint density at radius 2 is 2.53 bits per heavy atom. The van der Waals surface area contributed by atoms with Crippen LogP contribution in [0.25, 0.3) is 0 Å². The molecule has 2 unspecified atom stereocenters. The Bertz CT molecular complexity index is 325. The van der Waals surface area contributed by atoms with E-state index in [1.54, 1.807) is 11.3 Å². The minimum Gasteiger partial charge on any atom is -0.389 e. The van der Waals surface area contributed by atoms with E-state index in [0.29, 0.717) is 25.9 Å². The van der Waals surface area contributed by atoms with Crippen LogP contribution in [0.1, 0.15) is 24.1 Å². The maximum absolute atomic E-state index is 9.75. The predicted molar refractivity (Wildman–Crippen MR) is 76.4 cm³/mol. The van der Waals surface area contributed by atoms with Crippen molar-refractivity contribution in [1.82, 2.24) is 5.32 Å². The van der Waals surface area contributed by atoms with Gasteiger partial charge < -0.3 is 19.9 Å². The highest BCUT2D eigenvalue weighted by atomic mass is 32.1. The molecule has 1 aliphatic rings. The molecule has 2 atom stereocenters. The normalized spacial score (nSPS) is 20.8. The quantitative estimate of drug-likeness (QED) is 0.679. The summed E-state index contributed by atoms with van der Waals surface area (Å²) < 4.78 is 11.0. The van der Waals surface area contributed by atoms with Crippen molar-refractivity contribution in [3.8, 4) is 0 Å². The molecule has 0 aliphatic carbocycles. The van der Waals surface area contributed by atoms with Crippen LogP contribution in [-0.4, -0.2) is 43.6 Å². The molecule has 1 aromatic heterocycles. The van der Waals surface area contributed by atoms with Crippen molar-refractivity contribution < 1.29 is 14.6 Å². The van der Waals surface area contributed by atoms with Gasteiger partial charge in [0.25, 0.3) is 0 Å². The molecule has 0 radical (unpaired) electrons. The Morgan fingerprint density at radius 1 is 1.58 bits per heavy atom. The van der Waals surface area contributed by atoms with E-state index in [1.807, 2.05) is 17.5 Å². The Labute approximate surface area is 118 Å². The monoisotopic (exact) mass is 285 g/mol. The summed E-state index contributed by atoms with van der Waals surface area (Å²) in [6, 6.07) is 4.04. The zero-order valence-electron chi connectivity index (χ0n) is 11.2. The second-order valence-corrected chi connectivity index (χ2v) is 5.91. The topological polar surface area (TPSA) is 50.7 Å². The van der Waals surface area contributed by atoms with E-state index in [1.165, 1.54) is 17.7 Å². The molecule has 0 bridgehead atoms. The average molecular weight is 285 g/mol. The standard InChI is InChI=1S/C14H23NO3S/c16-12(10-17-11-14-4-2-8-19-14)9-15-6-5-13-3-1-7-18-13/h2,4,8,12-13,15-16H,1,3,5-7,9-11H2. The third-order valence-corrected chi connectivity index (χ3v) is 4.03. The van der Waals surface area contributed by atoms with Gasteiger partial charge in [0.05, 0.1) is 25.4 Å². The van der Waals surface area contributed by atoms with Crippen molar-refractivity contribution in [1.29, 1.82) is 0 Å². The second-order valence-electron chi connectivity index (χ2n) is 4.88. The minimum atomic E-state index is -0.440. The number of hydrogen-bond acceptors (Lipinski definition) is 5. The Balaban J connectivity index is 1.44. The molecule has 2 heterocycles. The van der Waals surface area contributed by atoms with Crippen LogP contribution in [0.5, 0.6) is 0 Å². The largest absolute Gasteiger partial charge is 0.389 e. The number of hydrogen-bond donors (Lipinski definition) is 2. The van der Waals surface area contributed by atoms with E-state index < -0.39 is 6.10 Å². The Kier molecular flexibility index (Phi) is 6.81. The first-order chi connectivity index (χ1) is 9.34. The van der Waals surface area contributed by atoms with Gasteiger partial charge in [-0.1, -0.05) is 6.07 Å². The molecule has 1 aromatic rings. The van der Waals surface area contributed by atoms with Crippen molar-refractivity contribution in [2.75, 3.05) is 26.3 Å². The predicted octanol–water partition coefficient (Wildman–Crippen LogP) is 1.78. The molecular weight excluding hydrogens is 262 g/mol. The van der Waals surface area contributed by atoms with Gasteiger partial charge in [0.15, 0.2) is 0 Å². The molecule has 0 saturated carbocycles. The molecule has 0 aromatic carbocycles. The highest BCUT2D eigenvalue weighted by molar-refractivity contribution is 7.09. The molecule has 2 N–H and O–H groups in total. The first kappa shape index (κ1) is 14.9. The number of rotatable bonds is 9.